The third-order valence-corrected chi connectivity index (χ3v) is 8.82. The van der Waals surface area contributed by atoms with Crippen LogP contribution >= 0.6 is 0 Å². The number of nitro groups is 1. The average Bonchev–Trinajstić information content (AvgIpc) is 3.57. The van der Waals surface area contributed by atoms with Gasteiger partial charge in [-0.05, 0) is 70.2 Å². The summed E-state index contributed by atoms with van der Waals surface area (Å²) in [7, 11) is -4.21. The highest BCUT2D eigenvalue weighted by molar-refractivity contribution is 7.89. The summed E-state index contributed by atoms with van der Waals surface area (Å²) in [5.74, 6) is -0.469. The fourth-order valence-electron chi connectivity index (χ4n) is 4.46. The van der Waals surface area contributed by atoms with E-state index in [1.807, 2.05) is 39.0 Å². The van der Waals surface area contributed by atoms with Crippen molar-refractivity contribution in [3.8, 4) is 17.3 Å². The van der Waals surface area contributed by atoms with E-state index in [0.29, 0.717) is 30.8 Å². The first-order valence-electron chi connectivity index (χ1n) is 13.5. The highest BCUT2D eigenvalue weighted by Gasteiger charge is 2.29. The smallest absolute Gasteiger partial charge is 0.272 e. The van der Waals surface area contributed by atoms with E-state index in [9.17, 15) is 23.3 Å². The molecule has 1 aliphatic rings. The lowest BCUT2D eigenvalue weighted by Crippen LogP contribution is -2.32. The van der Waals surface area contributed by atoms with Crippen molar-refractivity contribution in [3.05, 3.63) is 68.9 Å². The fourth-order valence-corrected chi connectivity index (χ4v) is 5.93. The summed E-state index contributed by atoms with van der Waals surface area (Å²) in [5.41, 5.74) is 2.54. The molecule has 0 saturated carbocycles. The van der Waals surface area contributed by atoms with Crippen LogP contribution in [0.25, 0.3) is 5.69 Å². The zero-order chi connectivity index (χ0) is 29.9. The van der Waals surface area contributed by atoms with Gasteiger partial charge >= 0.3 is 0 Å². The quantitative estimate of drug-likeness (QED) is 0.247. The molecule has 220 valence electrons. The molecular formula is C28H35N5O7S. The van der Waals surface area contributed by atoms with Crippen molar-refractivity contribution in [2.75, 3.05) is 13.2 Å². The van der Waals surface area contributed by atoms with Gasteiger partial charge in [-0.2, -0.15) is 9.78 Å². The maximum Gasteiger partial charge on any atom is 0.272 e. The number of hydrogen-bond donors (Lipinski definition) is 2. The Bertz CT molecular complexity index is 1560. The third kappa shape index (κ3) is 6.58. The number of rotatable bonds is 11. The van der Waals surface area contributed by atoms with Crippen molar-refractivity contribution in [2.45, 2.75) is 70.9 Å². The van der Waals surface area contributed by atoms with E-state index in [0.717, 1.165) is 30.0 Å². The number of aryl methyl sites for hydroxylation is 1. The number of carbonyl (C=O) groups excluding carboxylic acids is 1. The van der Waals surface area contributed by atoms with Crippen LogP contribution in [0.3, 0.4) is 0 Å². The van der Waals surface area contributed by atoms with Gasteiger partial charge in [-0.15, -0.1) is 0 Å². The van der Waals surface area contributed by atoms with Gasteiger partial charge in [-0.3, -0.25) is 14.9 Å². The number of benzene rings is 2. The predicted molar refractivity (Wildman–Crippen MR) is 152 cm³/mol. The molecule has 2 aromatic carbocycles. The summed E-state index contributed by atoms with van der Waals surface area (Å²) >= 11 is 0. The summed E-state index contributed by atoms with van der Waals surface area (Å²) in [5, 5.41) is 19.0. The molecule has 13 heteroatoms. The first kappa shape index (κ1) is 30.2. The molecule has 2 N–H and O–H groups in total. The minimum Gasteiger partial charge on any atom is -0.437 e. The molecule has 0 unspecified atom stereocenters. The second-order valence-corrected chi connectivity index (χ2v) is 11.9. The van der Waals surface area contributed by atoms with E-state index < -0.39 is 37.5 Å². The zero-order valence-electron chi connectivity index (χ0n) is 23.8. The monoisotopic (exact) mass is 585 g/mol. The van der Waals surface area contributed by atoms with E-state index >= 15 is 0 Å². The van der Waals surface area contributed by atoms with Crippen LogP contribution in [-0.2, 0) is 14.8 Å². The van der Waals surface area contributed by atoms with Crippen LogP contribution in [-0.4, -0.2) is 54.3 Å². The largest absolute Gasteiger partial charge is 0.437 e. The van der Waals surface area contributed by atoms with Crippen LogP contribution in [0, 0.1) is 30.9 Å². The number of nitro benzene ring substituents is 1. The van der Waals surface area contributed by atoms with Crippen molar-refractivity contribution >= 4 is 21.6 Å². The van der Waals surface area contributed by atoms with Crippen molar-refractivity contribution in [2.24, 2.45) is 0 Å². The summed E-state index contributed by atoms with van der Waals surface area (Å²) in [6, 6.07) is 8.53. The van der Waals surface area contributed by atoms with Crippen molar-refractivity contribution in [1.29, 1.82) is 0 Å². The van der Waals surface area contributed by atoms with Gasteiger partial charge < -0.3 is 14.8 Å². The SMILES string of the molecule is CC[C@@H](C)NS(=O)(=O)c1cc([N+](=O)[O-])ccc1Oc1c(C)c(C(=O)NC[C@H]2CCCO2)nn1-c1cccc(C)c1C. The lowest BCUT2D eigenvalue weighted by Gasteiger charge is -2.17. The summed E-state index contributed by atoms with van der Waals surface area (Å²) in [6.07, 6.45) is 2.23. The van der Waals surface area contributed by atoms with Crippen LogP contribution in [0.15, 0.2) is 41.3 Å². The summed E-state index contributed by atoms with van der Waals surface area (Å²) in [6.45, 7) is 9.99. The molecule has 3 aromatic rings. The van der Waals surface area contributed by atoms with Crippen molar-refractivity contribution in [3.63, 3.8) is 0 Å². The fraction of sp³-hybridized carbons (Fsp3) is 0.429. The highest BCUT2D eigenvalue weighted by atomic mass is 32.2. The first-order chi connectivity index (χ1) is 19.4. The van der Waals surface area contributed by atoms with Crippen molar-refractivity contribution in [1.82, 2.24) is 19.8 Å². The van der Waals surface area contributed by atoms with Gasteiger partial charge in [-0.25, -0.2) is 13.1 Å². The van der Waals surface area contributed by atoms with Gasteiger partial charge in [-0.1, -0.05) is 19.1 Å². The van der Waals surface area contributed by atoms with Crippen LogP contribution in [0.4, 0.5) is 5.69 Å². The second-order valence-electron chi connectivity index (χ2n) is 10.2. The average molecular weight is 586 g/mol. The maximum atomic E-state index is 13.3. The number of amides is 1. The molecule has 0 aliphatic carbocycles. The molecule has 0 radical (unpaired) electrons. The molecular weight excluding hydrogens is 550 g/mol. The van der Waals surface area contributed by atoms with E-state index in [2.05, 4.69) is 15.1 Å². The number of hydrogen-bond acceptors (Lipinski definition) is 8. The lowest BCUT2D eigenvalue weighted by atomic mass is 10.1. The number of sulfonamides is 1. The maximum absolute atomic E-state index is 13.3. The Morgan fingerprint density at radius 1 is 1.24 bits per heavy atom. The van der Waals surface area contributed by atoms with Crippen LogP contribution in [0.2, 0.25) is 0 Å². The third-order valence-electron chi connectivity index (χ3n) is 7.20. The van der Waals surface area contributed by atoms with Gasteiger partial charge in [0.05, 0.1) is 16.7 Å². The minimum atomic E-state index is -4.21. The Kier molecular flexibility index (Phi) is 9.10. The van der Waals surface area contributed by atoms with Crippen LogP contribution in [0.5, 0.6) is 11.6 Å². The predicted octanol–water partition coefficient (Wildman–Crippen LogP) is 4.48. The first-order valence-corrected chi connectivity index (χ1v) is 15.0. The van der Waals surface area contributed by atoms with Crippen LogP contribution in [0.1, 0.15) is 60.3 Å². The van der Waals surface area contributed by atoms with Gasteiger partial charge in [0.15, 0.2) is 5.69 Å². The molecule has 2 heterocycles. The normalized spacial score (nSPS) is 16.0. The molecule has 1 saturated heterocycles. The molecule has 0 spiro atoms. The Hall–Kier alpha value is -3.81. The van der Waals surface area contributed by atoms with Crippen LogP contribution < -0.4 is 14.8 Å². The highest BCUT2D eigenvalue weighted by Crippen LogP contribution is 2.36. The van der Waals surface area contributed by atoms with E-state index in [4.69, 9.17) is 9.47 Å². The number of nitrogens with zero attached hydrogens (tertiary/aromatic N) is 3. The molecule has 41 heavy (non-hydrogen) atoms. The van der Waals surface area contributed by atoms with Crippen molar-refractivity contribution < 1.29 is 27.6 Å². The zero-order valence-corrected chi connectivity index (χ0v) is 24.6. The number of ether oxygens (including phenoxy) is 2. The van der Waals surface area contributed by atoms with Gasteiger partial charge in [0.1, 0.15) is 10.6 Å². The number of non-ortho nitro benzene ring substituents is 1. The Morgan fingerprint density at radius 2 is 2.00 bits per heavy atom. The molecule has 1 fully saturated rings. The molecule has 4 rings (SSSR count). The van der Waals surface area contributed by atoms with E-state index in [1.165, 1.54) is 16.8 Å². The molecule has 2 atom stereocenters. The minimum absolute atomic E-state index is 0.0676. The van der Waals surface area contributed by atoms with E-state index in [1.54, 1.807) is 13.8 Å². The number of aromatic nitrogens is 2. The molecule has 12 nitrogen and oxygen atoms in total. The summed E-state index contributed by atoms with van der Waals surface area (Å²) in [4.78, 5) is 23.7. The number of nitrogens with one attached hydrogen (secondary N) is 2. The second kappa shape index (κ2) is 12.4. The van der Waals surface area contributed by atoms with Gasteiger partial charge in [0, 0.05) is 36.9 Å². The summed E-state index contributed by atoms with van der Waals surface area (Å²) < 4.78 is 42.5. The molecule has 1 amide bonds. The topological polar surface area (TPSA) is 155 Å². The van der Waals surface area contributed by atoms with Gasteiger partial charge in [0.2, 0.25) is 15.9 Å². The lowest BCUT2D eigenvalue weighted by molar-refractivity contribution is -0.385. The van der Waals surface area contributed by atoms with Gasteiger partial charge in [0.25, 0.3) is 11.6 Å². The number of carbonyl (C=O) groups is 1. The Labute approximate surface area is 239 Å². The molecule has 1 aliphatic heterocycles. The Morgan fingerprint density at radius 3 is 2.66 bits per heavy atom. The molecule has 0 bridgehead atoms. The Balaban J connectivity index is 1.82. The van der Waals surface area contributed by atoms with E-state index in [-0.39, 0.29) is 23.4 Å². The standard InChI is InChI=1S/C28H35N5O7S/c1-6-18(3)31-41(37,38)25-15-21(33(35)36)12-13-24(25)40-28-20(5)26(27(34)29-16-22-10-8-14-39-22)30-32(28)23-11-7-9-17(2)19(23)4/h7,9,11-13,15,18,22,31H,6,8,10,14,16H2,1-5H3,(H,29,34)/t18-,22-/m1/s1. The molecule has 1 aromatic heterocycles.